The highest BCUT2D eigenvalue weighted by atomic mass is 19.2. The molecule has 1 amide bonds. The van der Waals surface area contributed by atoms with Crippen molar-refractivity contribution in [1.29, 1.82) is 0 Å². The first-order valence-electron chi connectivity index (χ1n) is 10.5. The fourth-order valence-corrected chi connectivity index (χ4v) is 3.75. The number of rotatable bonds is 6. The van der Waals surface area contributed by atoms with Gasteiger partial charge in [-0.25, -0.2) is 17.6 Å². The molecule has 1 aliphatic rings. The van der Waals surface area contributed by atoms with Crippen LogP contribution in [0.5, 0.6) is 5.75 Å². The topological polar surface area (TPSA) is 32.8 Å². The van der Waals surface area contributed by atoms with Crippen molar-refractivity contribution in [3.05, 3.63) is 101 Å². The first-order valence-corrected chi connectivity index (χ1v) is 10.5. The van der Waals surface area contributed by atoms with Crippen molar-refractivity contribution in [2.45, 2.75) is 13.2 Å². The Bertz CT molecular complexity index is 1150. The molecule has 172 valence electrons. The summed E-state index contributed by atoms with van der Waals surface area (Å²) in [4.78, 5) is 16.6. The van der Waals surface area contributed by atoms with E-state index in [9.17, 15) is 22.4 Å². The van der Waals surface area contributed by atoms with E-state index in [-0.39, 0.29) is 24.8 Å². The third kappa shape index (κ3) is 5.51. The molecule has 0 aliphatic carbocycles. The highest BCUT2D eigenvalue weighted by Gasteiger charge is 2.23. The average Bonchev–Trinajstić information content (AvgIpc) is 2.82. The predicted octanol–water partition coefficient (Wildman–Crippen LogP) is 4.78. The lowest BCUT2D eigenvalue weighted by molar-refractivity contribution is 0.0626. The molecule has 4 nitrogen and oxygen atoms in total. The Balaban J connectivity index is 1.33. The summed E-state index contributed by atoms with van der Waals surface area (Å²) >= 11 is 0. The predicted molar refractivity (Wildman–Crippen MR) is 115 cm³/mol. The maximum absolute atomic E-state index is 13.9. The monoisotopic (exact) mass is 458 g/mol. The van der Waals surface area contributed by atoms with E-state index < -0.39 is 23.3 Å². The van der Waals surface area contributed by atoms with Gasteiger partial charge in [0.2, 0.25) is 0 Å². The van der Waals surface area contributed by atoms with Gasteiger partial charge < -0.3 is 9.64 Å². The number of carbonyl (C=O) groups is 1. The van der Waals surface area contributed by atoms with Crippen LogP contribution in [-0.2, 0) is 13.2 Å². The van der Waals surface area contributed by atoms with E-state index in [1.54, 1.807) is 35.2 Å². The maximum Gasteiger partial charge on any atom is 0.253 e. The smallest absolute Gasteiger partial charge is 0.253 e. The van der Waals surface area contributed by atoms with E-state index in [2.05, 4.69) is 0 Å². The van der Waals surface area contributed by atoms with Gasteiger partial charge in [-0.15, -0.1) is 0 Å². The van der Waals surface area contributed by atoms with Crippen LogP contribution in [-0.4, -0.2) is 41.9 Å². The molecule has 0 bridgehead atoms. The minimum Gasteiger partial charge on any atom is -0.486 e. The molecule has 1 heterocycles. The summed E-state index contributed by atoms with van der Waals surface area (Å²) in [5.74, 6) is -3.41. The third-order valence-corrected chi connectivity index (χ3v) is 5.55. The summed E-state index contributed by atoms with van der Waals surface area (Å²) in [6.07, 6.45) is 0. The molecule has 8 heteroatoms. The SMILES string of the molecule is O=C(c1cccc(COc2ccc(F)cc2F)c1)N1CCN(Cc2cccc(F)c2F)CC1. The largest absolute Gasteiger partial charge is 0.486 e. The molecule has 0 N–H and O–H groups in total. The Labute approximate surface area is 189 Å². The molecule has 0 spiro atoms. The molecule has 33 heavy (non-hydrogen) atoms. The zero-order valence-electron chi connectivity index (χ0n) is 17.7. The zero-order chi connectivity index (χ0) is 23.4. The number of benzene rings is 3. The Morgan fingerprint density at radius 2 is 1.61 bits per heavy atom. The summed E-state index contributed by atoms with van der Waals surface area (Å²) in [5.41, 5.74) is 1.44. The van der Waals surface area contributed by atoms with Gasteiger partial charge in [-0.05, 0) is 35.9 Å². The number of amides is 1. The van der Waals surface area contributed by atoms with Gasteiger partial charge in [-0.2, -0.15) is 0 Å². The lowest BCUT2D eigenvalue weighted by Gasteiger charge is -2.35. The molecule has 1 saturated heterocycles. The number of hydrogen-bond acceptors (Lipinski definition) is 3. The van der Waals surface area contributed by atoms with Gasteiger partial charge in [0.25, 0.3) is 5.91 Å². The number of ether oxygens (including phenoxy) is 1. The quantitative estimate of drug-likeness (QED) is 0.499. The molecule has 0 atom stereocenters. The van der Waals surface area contributed by atoms with Crippen molar-refractivity contribution in [3.63, 3.8) is 0 Å². The Morgan fingerprint density at radius 1 is 0.848 bits per heavy atom. The van der Waals surface area contributed by atoms with Crippen molar-refractivity contribution in [2.24, 2.45) is 0 Å². The van der Waals surface area contributed by atoms with Crippen LogP contribution in [0.25, 0.3) is 0 Å². The second-order valence-corrected chi connectivity index (χ2v) is 7.85. The number of piperazine rings is 1. The summed E-state index contributed by atoms with van der Waals surface area (Å²) in [5, 5.41) is 0. The molecule has 0 aromatic heterocycles. The molecule has 4 rings (SSSR count). The van der Waals surface area contributed by atoms with Crippen molar-refractivity contribution >= 4 is 5.91 Å². The van der Waals surface area contributed by atoms with Gasteiger partial charge in [0.05, 0.1) is 0 Å². The van der Waals surface area contributed by atoms with Crippen LogP contribution in [0, 0.1) is 23.3 Å². The van der Waals surface area contributed by atoms with Crippen LogP contribution in [0.3, 0.4) is 0 Å². The molecular formula is C25H22F4N2O2. The van der Waals surface area contributed by atoms with Gasteiger partial charge in [-0.1, -0.05) is 24.3 Å². The number of nitrogens with zero attached hydrogens (tertiary/aromatic N) is 2. The first-order chi connectivity index (χ1) is 15.9. The second-order valence-electron chi connectivity index (χ2n) is 7.85. The van der Waals surface area contributed by atoms with E-state index in [4.69, 9.17) is 4.74 Å². The molecule has 0 unspecified atom stereocenters. The summed E-state index contributed by atoms with van der Waals surface area (Å²) in [6, 6.07) is 14.0. The van der Waals surface area contributed by atoms with E-state index >= 15 is 0 Å². The molecule has 1 aliphatic heterocycles. The Kier molecular flexibility index (Phi) is 6.93. The lowest BCUT2D eigenvalue weighted by atomic mass is 10.1. The minimum absolute atomic E-state index is 0.0245. The molecule has 0 radical (unpaired) electrons. The number of carbonyl (C=O) groups excluding carboxylic acids is 1. The maximum atomic E-state index is 13.9. The summed E-state index contributed by atoms with van der Waals surface area (Å²) in [6.45, 7) is 2.28. The molecular weight excluding hydrogens is 436 g/mol. The number of halogens is 4. The first kappa shape index (κ1) is 22.8. The van der Waals surface area contributed by atoms with Gasteiger partial charge in [0.1, 0.15) is 12.4 Å². The Morgan fingerprint density at radius 3 is 2.36 bits per heavy atom. The minimum atomic E-state index is -0.868. The van der Waals surface area contributed by atoms with Gasteiger partial charge in [0.15, 0.2) is 23.2 Å². The fraction of sp³-hybridized carbons (Fsp3) is 0.240. The lowest BCUT2D eigenvalue weighted by Crippen LogP contribution is -2.48. The summed E-state index contributed by atoms with van der Waals surface area (Å²) in [7, 11) is 0. The molecule has 1 fully saturated rings. The van der Waals surface area contributed by atoms with Crippen LogP contribution in [0.4, 0.5) is 17.6 Å². The van der Waals surface area contributed by atoms with Crippen LogP contribution in [0.15, 0.2) is 60.7 Å². The van der Waals surface area contributed by atoms with Gasteiger partial charge >= 0.3 is 0 Å². The zero-order valence-corrected chi connectivity index (χ0v) is 17.7. The van der Waals surface area contributed by atoms with Crippen molar-refractivity contribution in [2.75, 3.05) is 26.2 Å². The standard InChI is InChI=1S/C25H22F4N2O2/c26-20-7-8-23(22(28)14-20)33-16-17-3-1-4-18(13-17)25(32)31-11-9-30(10-12-31)15-19-5-2-6-21(27)24(19)29/h1-8,13-14H,9-12,15-16H2. The molecule has 3 aromatic rings. The van der Waals surface area contributed by atoms with Crippen molar-refractivity contribution < 1.29 is 27.1 Å². The van der Waals surface area contributed by atoms with Crippen LogP contribution >= 0.6 is 0 Å². The van der Waals surface area contributed by atoms with Crippen molar-refractivity contribution in [1.82, 2.24) is 9.80 Å². The number of hydrogen-bond donors (Lipinski definition) is 0. The van der Waals surface area contributed by atoms with E-state index in [1.165, 1.54) is 12.1 Å². The van der Waals surface area contributed by atoms with Crippen LogP contribution in [0.1, 0.15) is 21.5 Å². The van der Waals surface area contributed by atoms with Crippen LogP contribution < -0.4 is 4.74 Å². The van der Waals surface area contributed by atoms with E-state index in [0.29, 0.717) is 42.9 Å². The molecule has 3 aromatic carbocycles. The third-order valence-electron chi connectivity index (χ3n) is 5.55. The highest BCUT2D eigenvalue weighted by Crippen LogP contribution is 2.20. The highest BCUT2D eigenvalue weighted by molar-refractivity contribution is 5.94. The van der Waals surface area contributed by atoms with Gasteiger partial charge in [0, 0.05) is 49.9 Å². The second kappa shape index (κ2) is 10.0. The fourth-order valence-electron chi connectivity index (χ4n) is 3.75. The summed E-state index contributed by atoms with van der Waals surface area (Å²) < 4.78 is 59.5. The average molecular weight is 458 g/mol. The van der Waals surface area contributed by atoms with Crippen molar-refractivity contribution in [3.8, 4) is 5.75 Å². The van der Waals surface area contributed by atoms with Gasteiger partial charge in [-0.3, -0.25) is 9.69 Å². The van der Waals surface area contributed by atoms with Crippen LogP contribution in [0.2, 0.25) is 0 Å². The van der Waals surface area contributed by atoms with E-state index in [1.807, 2.05) is 4.90 Å². The van der Waals surface area contributed by atoms with E-state index in [0.717, 1.165) is 18.2 Å². The normalized spacial score (nSPS) is 14.4. The molecule has 0 saturated carbocycles. The Hall–Kier alpha value is -3.39.